The van der Waals surface area contributed by atoms with E-state index in [1.54, 1.807) is 11.1 Å². The van der Waals surface area contributed by atoms with Crippen LogP contribution in [0, 0.1) is 0 Å². The second kappa shape index (κ2) is 4.19. The molecule has 13 heavy (non-hydrogen) atoms. The van der Waals surface area contributed by atoms with Crippen LogP contribution in [0.1, 0.15) is 36.1 Å². The summed E-state index contributed by atoms with van der Waals surface area (Å²) >= 11 is 2.13. The first-order valence-electron chi connectivity index (χ1n) is 5.11. The lowest BCUT2D eigenvalue weighted by molar-refractivity contribution is 0.888. The average molecular weight is 192 g/mol. The van der Waals surface area contributed by atoms with Gasteiger partial charge in [0.05, 0.1) is 0 Å². The molecule has 0 nitrogen and oxygen atoms in total. The number of hydrogen-bond acceptors (Lipinski definition) is 1. The molecule has 2 rings (SSSR count). The van der Waals surface area contributed by atoms with E-state index in [0.717, 1.165) is 5.25 Å². The fourth-order valence-corrected chi connectivity index (χ4v) is 3.17. The van der Waals surface area contributed by atoms with E-state index in [4.69, 9.17) is 0 Å². The summed E-state index contributed by atoms with van der Waals surface area (Å²) < 4.78 is 0. The largest absolute Gasteiger partial charge is 0.154 e. The van der Waals surface area contributed by atoms with E-state index in [9.17, 15) is 0 Å². The van der Waals surface area contributed by atoms with E-state index in [0.29, 0.717) is 0 Å². The number of benzene rings is 1. The lowest BCUT2D eigenvalue weighted by Gasteiger charge is -2.09. The van der Waals surface area contributed by atoms with Crippen molar-refractivity contribution in [2.75, 3.05) is 5.75 Å². The minimum absolute atomic E-state index is 0.788. The first-order chi connectivity index (χ1) is 6.42. The maximum Gasteiger partial charge on any atom is 0.0303 e. The van der Waals surface area contributed by atoms with Crippen LogP contribution >= 0.6 is 11.8 Å². The number of hydrogen-bond donors (Lipinski definition) is 0. The predicted molar refractivity (Wildman–Crippen MR) is 60.3 cm³/mol. The molecule has 0 spiro atoms. The van der Waals surface area contributed by atoms with Gasteiger partial charge in [-0.3, -0.25) is 0 Å². The van der Waals surface area contributed by atoms with E-state index >= 15 is 0 Å². The van der Waals surface area contributed by atoms with Crippen LogP contribution in [0.25, 0.3) is 0 Å². The SMILES string of the molecule is CCCSC1CCc2ccccc21. The lowest BCUT2D eigenvalue weighted by Crippen LogP contribution is -1.88. The van der Waals surface area contributed by atoms with Gasteiger partial charge in [-0.25, -0.2) is 0 Å². The molecule has 1 aliphatic rings. The Labute approximate surface area is 84.7 Å². The van der Waals surface area contributed by atoms with Crippen LogP contribution in [0.15, 0.2) is 24.3 Å². The Morgan fingerprint density at radius 1 is 1.38 bits per heavy atom. The van der Waals surface area contributed by atoms with Crippen LogP contribution in [-0.2, 0) is 6.42 Å². The summed E-state index contributed by atoms with van der Waals surface area (Å²) in [6, 6.07) is 8.91. The average Bonchev–Trinajstić information content (AvgIpc) is 2.58. The standard InChI is InChI=1S/C12H16S/c1-2-9-13-12-8-7-10-5-3-4-6-11(10)12/h3-6,12H,2,7-9H2,1H3. The number of rotatable bonds is 3. The molecule has 1 atom stereocenters. The smallest absolute Gasteiger partial charge is 0.0303 e. The zero-order valence-electron chi connectivity index (χ0n) is 8.12. The summed E-state index contributed by atoms with van der Waals surface area (Å²) in [4.78, 5) is 0. The van der Waals surface area contributed by atoms with Gasteiger partial charge in [-0.05, 0) is 36.1 Å². The van der Waals surface area contributed by atoms with E-state index < -0.39 is 0 Å². The molecule has 1 aromatic carbocycles. The summed E-state index contributed by atoms with van der Waals surface area (Å²) in [5.41, 5.74) is 3.18. The Kier molecular flexibility index (Phi) is 2.94. The fraction of sp³-hybridized carbons (Fsp3) is 0.500. The van der Waals surface area contributed by atoms with Gasteiger partial charge in [0.2, 0.25) is 0 Å². The minimum Gasteiger partial charge on any atom is -0.154 e. The molecule has 0 aliphatic heterocycles. The van der Waals surface area contributed by atoms with Crippen LogP contribution in [0.3, 0.4) is 0 Å². The van der Waals surface area contributed by atoms with Gasteiger partial charge in [0, 0.05) is 5.25 Å². The molecule has 0 fully saturated rings. The number of aryl methyl sites for hydroxylation is 1. The molecule has 0 aromatic heterocycles. The quantitative estimate of drug-likeness (QED) is 0.701. The second-order valence-corrected chi connectivity index (χ2v) is 4.91. The van der Waals surface area contributed by atoms with Crippen LogP contribution in [0.2, 0.25) is 0 Å². The Morgan fingerprint density at radius 2 is 2.23 bits per heavy atom. The molecule has 0 saturated carbocycles. The Balaban J connectivity index is 2.09. The van der Waals surface area contributed by atoms with Crippen molar-refractivity contribution in [1.82, 2.24) is 0 Å². The maximum atomic E-state index is 2.30. The molecule has 1 unspecified atom stereocenters. The van der Waals surface area contributed by atoms with Crippen molar-refractivity contribution in [3.63, 3.8) is 0 Å². The van der Waals surface area contributed by atoms with Gasteiger partial charge >= 0.3 is 0 Å². The third-order valence-corrected chi connectivity index (χ3v) is 4.14. The van der Waals surface area contributed by atoms with Crippen molar-refractivity contribution in [3.05, 3.63) is 35.4 Å². The zero-order chi connectivity index (χ0) is 9.10. The Morgan fingerprint density at radius 3 is 3.08 bits per heavy atom. The summed E-state index contributed by atoms with van der Waals surface area (Å²) in [7, 11) is 0. The normalized spacial score (nSPS) is 20.2. The van der Waals surface area contributed by atoms with Crippen molar-refractivity contribution in [3.8, 4) is 0 Å². The predicted octanol–water partition coefficient (Wildman–Crippen LogP) is 3.82. The topological polar surface area (TPSA) is 0 Å². The Bertz CT molecular complexity index is 280. The third kappa shape index (κ3) is 1.91. The molecule has 70 valence electrons. The molecule has 0 heterocycles. The van der Waals surface area contributed by atoms with Crippen LogP contribution < -0.4 is 0 Å². The molecule has 1 heteroatoms. The van der Waals surface area contributed by atoms with Gasteiger partial charge in [-0.1, -0.05) is 31.2 Å². The summed E-state index contributed by atoms with van der Waals surface area (Å²) in [6.07, 6.45) is 3.94. The lowest BCUT2D eigenvalue weighted by atomic mass is 10.1. The summed E-state index contributed by atoms with van der Waals surface area (Å²) in [6.45, 7) is 2.26. The summed E-state index contributed by atoms with van der Waals surface area (Å²) in [5, 5.41) is 0.788. The molecule has 1 aromatic rings. The van der Waals surface area contributed by atoms with Crippen LogP contribution in [0.5, 0.6) is 0 Å². The van der Waals surface area contributed by atoms with Crippen LogP contribution in [0.4, 0.5) is 0 Å². The zero-order valence-corrected chi connectivity index (χ0v) is 8.94. The molecule has 0 bridgehead atoms. The van der Waals surface area contributed by atoms with Crippen LogP contribution in [-0.4, -0.2) is 5.75 Å². The second-order valence-electron chi connectivity index (χ2n) is 3.60. The van der Waals surface area contributed by atoms with E-state index in [2.05, 4.69) is 43.0 Å². The van der Waals surface area contributed by atoms with E-state index in [1.807, 2.05) is 0 Å². The first-order valence-corrected chi connectivity index (χ1v) is 6.16. The third-order valence-electron chi connectivity index (χ3n) is 2.60. The van der Waals surface area contributed by atoms with Gasteiger partial charge in [0.1, 0.15) is 0 Å². The number of thioether (sulfide) groups is 1. The van der Waals surface area contributed by atoms with Crippen molar-refractivity contribution in [2.45, 2.75) is 31.4 Å². The van der Waals surface area contributed by atoms with Crippen molar-refractivity contribution < 1.29 is 0 Å². The molecular formula is C12H16S. The van der Waals surface area contributed by atoms with E-state index in [1.165, 1.54) is 25.0 Å². The highest BCUT2D eigenvalue weighted by atomic mass is 32.2. The monoisotopic (exact) mass is 192 g/mol. The highest BCUT2D eigenvalue weighted by Crippen LogP contribution is 2.40. The van der Waals surface area contributed by atoms with Gasteiger partial charge in [-0.2, -0.15) is 11.8 Å². The highest BCUT2D eigenvalue weighted by molar-refractivity contribution is 7.99. The maximum absolute atomic E-state index is 2.30. The van der Waals surface area contributed by atoms with Gasteiger partial charge in [-0.15, -0.1) is 0 Å². The highest BCUT2D eigenvalue weighted by Gasteiger charge is 2.21. The molecular weight excluding hydrogens is 176 g/mol. The van der Waals surface area contributed by atoms with Crippen molar-refractivity contribution in [1.29, 1.82) is 0 Å². The van der Waals surface area contributed by atoms with E-state index in [-0.39, 0.29) is 0 Å². The Hall–Kier alpha value is -0.430. The number of fused-ring (bicyclic) bond motifs is 1. The summed E-state index contributed by atoms with van der Waals surface area (Å²) in [5.74, 6) is 1.30. The first kappa shape index (κ1) is 9.14. The molecule has 0 N–H and O–H groups in total. The van der Waals surface area contributed by atoms with Gasteiger partial charge < -0.3 is 0 Å². The van der Waals surface area contributed by atoms with Crippen molar-refractivity contribution >= 4 is 11.8 Å². The molecule has 0 amide bonds. The molecule has 0 radical (unpaired) electrons. The molecule has 0 saturated heterocycles. The van der Waals surface area contributed by atoms with Crippen molar-refractivity contribution in [2.24, 2.45) is 0 Å². The van der Waals surface area contributed by atoms with Gasteiger partial charge in [0.15, 0.2) is 0 Å². The van der Waals surface area contributed by atoms with Gasteiger partial charge in [0.25, 0.3) is 0 Å². The molecule has 1 aliphatic carbocycles. The minimum atomic E-state index is 0.788. The fourth-order valence-electron chi connectivity index (χ4n) is 1.95.